The van der Waals surface area contributed by atoms with Crippen molar-refractivity contribution in [2.45, 2.75) is 37.9 Å². The molecule has 1 aliphatic rings. The van der Waals surface area contributed by atoms with Crippen molar-refractivity contribution >= 4 is 22.8 Å². The molecule has 2 aromatic heterocycles. The smallest absolute Gasteiger partial charge is 0.254 e. The highest BCUT2D eigenvalue weighted by Gasteiger charge is 2.32. The highest BCUT2D eigenvalue weighted by Crippen LogP contribution is 2.24. The van der Waals surface area contributed by atoms with Gasteiger partial charge in [-0.05, 0) is 38.1 Å². The molecule has 158 valence electrons. The number of hydrogen-bond donors (Lipinski definition) is 2. The number of imidazole rings is 1. The van der Waals surface area contributed by atoms with E-state index < -0.39 is 0 Å². The van der Waals surface area contributed by atoms with Crippen LogP contribution >= 0.6 is 0 Å². The lowest BCUT2D eigenvalue weighted by Gasteiger charge is -2.25. The van der Waals surface area contributed by atoms with E-state index in [0.29, 0.717) is 25.1 Å². The summed E-state index contributed by atoms with van der Waals surface area (Å²) in [6.45, 7) is 0.961. The Balaban J connectivity index is 1.25. The average Bonchev–Trinajstić information content (AvgIpc) is 3.47. The zero-order valence-electron chi connectivity index (χ0n) is 17.3. The van der Waals surface area contributed by atoms with E-state index in [4.69, 9.17) is 4.42 Å². The Bertz CT molecular complexity index is 1030. The van der Waals surface area contributed by atoms with Gasteiger partial charge in [-0.3, -0.25) is 14.5 Å². The molecule has 0 radical (unpaired) electrons. The number of carbonyl (C=O) groups is 2. The van der Waals surface area contributed by atoms with Gasteiger partial charge < -0.3 is 19.6 Å². The maximum Gasteiger partial charge on any atom is 0.254 e. The van der Waals surface area contributed by atoms with Gasteiger partial charge in [0.05, 0.1) is 29.4 Å². The topological polar surface area (TPSA) is 92.4 Å². The number of amides is 2. The second-order valence-corrected chi connectivity index (χ2v) is 7.83. The number of aromatic nitrogens is 2. The van der Waals surface area contributed by atoms with Crippen LogP contribution in [0.5, 0.6) is 0 Å². The van der Waals surface area contributed by atoms with Gasteiger partial charge in [0.15, 0.2) is 0 Å². The molecular formula is C22H27N5O3. The Labute approximate surface area is 175 Å². The molecule has 30 heavy (non-hydrogen) atoms. The monoisotopic (exact) mass is 409 g/mol. The van der Waals surface area contributed by atoms with Crippen molar-refractivity contribution in [3.05, 3.63) is 54.2 Å². The number of likely N-dealkylation sites (tertiary alicyclic amines) is 1. The number of carbonyl (C=O) groups excluding carboxylic acids is 2. The summed E-state index contributed by atoms with van der Waals surface area (Å²) in [4.78, 5) is 31.4. The molecule has 2 atom stereocenters. The van der Waals surface area contributed by atoms with Gasteiger partial charge in [0.1, 0.15) is 12.1 Å². The number of likely N-dealkylation sites (N-methyl/N-ethyl adjacent to an activating group) is 1. The summed E-state index contributed by atoms with van der Waals surface area (Å²) in [6.07, 6.45) is 5.24. The Morgan fingerprint density at radius 3 is 2.70 bits per heavy atom. The molecule has 1 saturated heterocycles. The first-order valence-corrected chi connectivity index (χ1v) is 10.2. The molecule has 2 N–H and O–H groups in total. The molecule has 1 aromatic carbocycles. The average molecular weight is 409 g/mol. The molecule has 0 unspecified atom stereocenters. The van der Waals surface area contributed by atoms with E-state index >= 15 is 0 Å². The van der Waals surface area contributed by atoms with Crippen molar-refractivity contribution in [1.82, 2.24) is 25.1 Å². The quantitative estimate of drug-likeness (QED) is 0.623. The number of rotatable bonds is 7. The van der Waals surface area contributed by atoms with Crippen LogP contribution < -0.4 is 10.6 Å². The molecule has 8 heteroatoms. The Kier molecular flexibility index (Phi) is 5.85. The van der Waals surface area contributed by atoms with E-state index in [2.05, 4.69) is 20.5 Å². The molecule has 1 aliphatic heterocycles. The predicted molar refractivity (Wildman–Crippen MR) is 113 cm³/mol. The van der Waals surface area contributed by atoms with Crippen LogP contribution in [0.4, 0.5) is 0 Å². The lowest BCUT2D eigenvalue weighted by Crippen LogP contribution is -2.42. The zero-order chi connectivity index (χ0) is 21.1. The SMILES string of the molecule is CN1[C@@H](CC(=O)NCc2nc3ccccc3n2C)CC[C@H]1CNC(=O)c1ccoc1. The maximum absolute atomic E-state index is 12.5. The Hall–Kier alpha value is -3.13. The lowest BCUT2D eigenvalue weighted by molar-refractivity contribution is -0.122. The van der Waals surface area contributed by atoms with E-state index in [1.54, 1.807) is 6.07 Å². The van der Waals surface area contributed by atoms with E-state index in [0.717, 1.165) is 29.7 Å². The fourth-order valence-corrected chi connectivity index (χ4v) is 4.11. The number of benzene rings is 1. The van der Waals surface area contributed by atoms with Gasteiger partial charge in [0.2, 0.25) is 5.91 Å². The summed E-state index contributed by atoms with van der Waals surface area (Å²) < 4.78 is 6.96. The molecule has 0 spiro atoms. The van der Waals surface area contributed by atoms with Crippen LogP contribution in [0.2, 0.25) is 0 Å². The second kappa shape index (κ2) is 8.71. The van der Waals surface area contributed by atoms with Crippen molar-refractivity contribution in [3.63, 3.8) is 0 Å². The Morgan fingerprint density at radius 1 is 1.13 bits per heavy atom. The number of furan rings is 1. The predicted octanol–water partition coefficient (Wildman–Crippen LogP) is 2.07. The third-order valence-corrected chi connectivity index (χ3v) is 6.01. The minimum atomic E-state index is -0.138. The van der Waals surface area contributed by atoms with Gasteiger partial charge >= 0.3 is 0 Å². The molecule has 0 saturated carbocycles. The largest absolute Gasteiger partial charge is 0.472 e. The molecular weight excluding hydrogens is 382 g/mol. The third kappa shape index (κ3) is 4.23. The van der Waals surface area contributed by atoms with Gasteiger partial charge in [-0.15, -0.1) is 0 Å². The van der Waals surface area contributed by atoms with Crippen LogP contribution in [0.25, 0.3) is 11.0 Å². The molecule has 8 nitrogen and oxygen atoms in total. The maximum atomic E-state index is 12.5. The molecule has 3 heterocycles. The number of fused-ring (bicyclic) bond motifs is 1. The Morgan fingerprint density at radius 2 is 1.93 bits per heavy atom. The van der Waals surface area contributed by atoms with Crippen LogP contribution in [0, 0.1) is 0 Å². The van der Waals surface area contributed by atoms with Crippen molar-refractivity contribution in [3.8, 4) is 0 Å². The summed E-state index contributed by atoms with van der Waals surface area (Å²) in [6, 6.07) is 9.97. The zero-order valence-corrected chi connectivity index (χ0v) is 17.3. The van der Waals surface area contributed by atoms with Crippen LogP contribution in [-0.4, -0.2) is 51.9 Å². The van der Waals surface area contributed by atoms with Crippen LogP contribution in [0.3, 0.4) is 0 Å². The molecule has 3 aromatic rings. The van der Waals surface area contributed by atoms with Crippen LogP contribution in [-0.2, 0) is 18.4 Å². The summed E-state index contributed by atoms with van der Waals surface area (Å²) in [5.74, 6) is 0.715. The van der Waals surface area contributed by atoms with Crippen molar-refractivity contribution in [1.29, 1.82) is 0 Å². The van der Waals surface area contributed by atoms with E-state index in [9.17, 15) is 9.59 Å². The summed E-state index contributed by atoms with van der Waals surface area (Å²) in [5, 5.41) is 5.95. The van der Waals surface area contributed by atoms with Crippen molar-refractivity contribution < 1.29 is 14.0 Å². The van der Waals surface area contributed by atoms with Gasteiger partial charge in [0, 0.05) is 32.1 Å². The highest BCUT2D eigenvalue weighted by atomic mass is 16.3. The number of nitrogens with zero attached hydrogens (tertiary/aromatic N) is 3. The third-order valence-electron chi connectivity index (χ3n) is 6.01. The molecule has 1 fully saturated rings. The minimum absolute atomic E-state index is 0.0157. The first kappa shape index (κ1) is 20.2. The van der Waals surface area contributed by atoms with Gasteiger partial charge in [-0.2, -0.15) is 0 Å². The molecule has 4 rings (SSSR count). The van der Waals surface area contributed by atoms with E-state index in [1.165, 1.54) is 12.5 Å². The first-order chi connectivity index (χ1) is 14.5. The molecule has 2 amide bonds. The van der Waals surface area contributed by atoms with E-state index in [-0.39, 0.29) is 23.9 Å². The number of aryl methyl sites for hydroxylation is 1. The number of hydrogen-bond acceptors (Lipinski definition) is 5. The summed E-state index contributed by atoms with van der Waals surface area (Å²) in [5.41, 5.74) is 2.51. The highest BCUT2D eigenvalue weighted by molar-refractivity contribution is 5.93. The fraction of sp³-hybridized carbons (Fsp3) is 0.409. The number of para-hydroxylation sites is 2. The standard InChI is InChI=1S/C22H27N5O3/c1-26-16(7-8-17(26)12-24-22(29)15-9-10-30-14-15)11-21(28)23-13-20-25-18-5-3-4-6-19(18)27(20)2/h3-6,9-10,14,16-17H,7-8,11-13H2,1-2H3,(H,23,28)(H,24,29)/t16-,17+/m1/s1. The van der Waals surface area contributed by atoms with Gasteiger partial charge in [-0.25, -0.2) is 4.98 Å². The molecule has 0 bridgehead atoms. The second-order valence-electron chi connectivity index (χ2n) is 7.83. The minimum Gasteiger partial charge on any atom is -0.472 e. The summed E-state index contributed by atoms with van der Waals surface area (Å²) in [7, 11) is 3.98. The normalized spacial score (nSPS) is 19.3. The molecule has 0 aliphatic carbocycles. The van der Waals surface area contributed by atoms with Gasteiger partial charge in [-0.1, -0.05) is 12.1 Å². The first-order valence-electron chi connectivity index (χ1n) is 10.2. The van der Waals surface area contributed by atoms with E-state index in [1.807, 2.05) is 42.9 Å². The van der Waals surface area contributed by atoms with Crippen molar-refractivity contribution in [2.24, 2.45) is 7.05 Å². The van der Waals surface area contributed by atoms with Gasteiger partial charge in [0.25, 0.3) is 5.91 Å². The van der Waals surface area contributed by atoms with Crippen LogP contribution in [0.1, 0.15) is 35.4 Å². The van der Waals surface area contributed by atoms with Crippen LogP contribution in [0.15, 0.2) is 47.3 Å². The summed E-state index contributed by atoms with van der Waals surface area (Å²) >= 11 is 0. The number of nitrogens with one attached hydrogen (secondary N) is 2. The van der Waals surface area contributed by atoms with Crippen molar-refractivity contribution in [2.75, 3.05) is 13.6 Å². The lowest BCUT2D eigenvalue weighted by atomic mass is 10.1. The fourth-order valence-electron chi connectivity index (χ4n) is 4.11.